The van der Waals surface area contributed by atoms with Crippen LogP contribution in [-0.2, 0) is 16.6 Å². The molecule has 0 aliphatic heterocycles. The van der Waals surface area contributed by atoms with E-state index < -0.39 is 30.2 Å². The highest BCUT2D eigenvalue weighted by Crippen LogP contribution is 2.42. The molecule has 0 spiro atoms. The fourth-order valence-electron chi connectivity index (χ4n) is 2.88. The van der Waals surface area contributed by atoms with Gasteiger partial charge in [0.2, 0.25) is 0 Å². The number of ether oxygens (including phenoxy) is 1. The maximum atomic E-state index is 13.2. The number of alkyl halides is 2. The quantitative estimate of drug-likeness (QED) is 0.578. The predicted molar refractivity (Wildman–Crippen MR) is 99.6 cm³/mol. The number of hydrogen-bond acceptors (Lipinski definition) is 5. The first-order valence-corrected chi connectivity index (χ1v) is 9.37. The number of carbonyl (C=O) groups excluding carboxylic acids is 1. The Morgan fingerprint density at radius 3 is 2.44 bits per heavy atom. The number of methoxy groups -OCH3 is 1. The van der Waals surface area contributed by atoms with Crippen LogP contribution < -0.4 is 0 Å². The molecule has 2 aromatic heterocycles. The van der Waals surface area contributed by atoms with Gasteiger partial charge in [-0.25, -0.2) is 13.8 Å². The molecule has 0 bridgehead atoms. The summed E-state index contributed by atoms with van der Waals surface area (Å²) in [5, 5.41) is 4.96. The number of hydrogen-bond donors (Lipinski definition) is 0. The number of nitrogens with zero attached hydrogens (tertiary/aromatic N) is 3. The van der Waals surface area contributed by atoms with Crippen LogP contribution in [0.3, 0.4) is 0 Å². The summed E-state index contributed by atoms with van der Waals surface area (Å²) in [5.74, 6) is -0.759. The van der Waals surface area contributed by atoms with Gasteiger partial charge in [-0.05, 0) is 13.8 Å². The van der Waals surface area contributed by atoms with E-state index in [2.05, 4.69) is 5.10 Å². The molecule has 0 fully saturated rings. The van der Waals surface area contributed by atoms with Crippen molar-refractivity contribution in [3.63, 3.8) is 0 Å². The average molecular weight is 442 g/mol. The van der Waals surface area contributed by atoms with Gasteiger partial charge in [0.25, 0.3) is 12.3 Å². The lowest BCUT2D eigenvalue weighted by Crippen LogP contribution is -2.42. The summed E-state index contributed by atoms with van der Waals surface area (Å²) in [5.41, 5.74) is -0.238. The third-order valence-corrected chi connectivity index (χ3v) is 6.00. The van der Waals surface area contributed by atoms with Crippen molar-refractivity contribution < 1.29 is 23.1 Å². The van der Waals surface area contributed by atoms with Crippen LogP contribution in [0.1, 0.15) is 45.9 Å². The van der Waals surface area contributed by atoms with Gasteiger partial charge >= 0.3 is 0 Å². The molecular weight excluding hydrogens is 423 g/mol. The van der Waals surface area contributed by atoms with Crippen molar-refractivity contribution in [1.29, 1.82) is 0 Å². The maximum absolute atomic E-state index is 13.2. The molecule has 2 aromatic rings. The van der Waals surface area contributed by atoms with Crippen molar-refractivity contribution >= 4 is 40.4 Å². The number of hydroxylamine groups is 2. The molecule has 0 aliphatic rings. The van der Waals surface area contributed by atoms with Gasteiger partial charge in [-0.2, -0.15) is 5.10 Å². The van der Waals surface area contributed by atoms with E-state index in [4.69, 9.17) is 32.8 Å². The molecule has 0 radical (unpaired) electrons. The Morgan fingerprint density at radius 2 is 2.00 bits per heavy atom. The minimum absolute atomic E-state index is 0.248. The Bertz CT molecular complexity index is 828. The van der Waals surface area contributed by atoms with E-state index in [0.717, 1.165) is 14.6 Å². The first-order chi connectivity index (χ1) is 12.6. The molecule has 2 heterocycles. The minimum Gasteiger partial charge on any atom is -0.374 e. The number of aryl methyl sites for hydroxylation is 2. The van der Waals surface area contributed by atoms with E-state index in [0.29, 0.717) is 14.9 Å². The van der Waals surface area contributed by atoms with Gasteiger partial charge in [-0.15, -0.1) is 11.3 Å². The van der Waals surface area contributed by atoms with Gasteiger partial charge in [-0.3, -0.25) is 14.3 Å². The summed E-state index contributed by atoms with van der Waals surface area (Å²) < 4.78 is 33.6. The Morgan fingerprint density at radius 1 is 1.37 bits per heavy atom. The summed E-state index contributed by atoms with van der Waals surface area (Å²) in [7, 11) is 4.18. The Balaban J connectivity index is 2.42. The zero-order valence-electron chi connectivity index (χ0n) is 15.3. The van der Waals surface area contributed by atoms with E-state index in [1.165, 1.54) is 38.8 Å². The van der Waals surface area contributed by atoms with Crippen molar-refractivity contribution in [3.8, 4) is 0 Å². The van der Waals surface area contributed by atoms with E-state index in [9.17, 15) is 13.6 Å². The Hall–Kier alpha value is -1.26. The monoisotopic (exact) mass is 441 g/mol. The van der Waals surface area contributed by atoms with Crippen molar-refractivity contribution in [1.82, 2.24) is 14.8 Å². The van der Waals surface area contributed by atoms with Crippen LogP contribution in [0.15, 0.2) is 6.20 Å². The van der Waals surface area contributed by atoms with Crippen molar-refractivity contribution in [2.45, 2.75) is 32.4 Å². The zero-order valence-corrected chi connectivity index (χ0v) is 17.6. The number of thiophene rings is 1. The highest BCUT2D eigenvalue weighted by molar-refractivity contribution is 7.17. The molecule has 6 nitrogen and oxygen atoms in total. The first kappa shape index (κ1) is 22.0. The highest BCUT2D eigenvalue weighted by atomic mass is 35.5. The molecule has 0 N–H and O–H groups in total. The second kappa shape index (κ2) is 8.83. The fraction of sp³-hybridized carbons (Fsp3) is 0.500. The number of rotatable bonds is 7. The van der Waals surface area contributed by atoms with Crippen LogP contribution in [0.5, 0.6) is 0 Å². The molecule has 2 rings (SSSR count). The predicted octanol–water partition coefficient (Wildman–Crippen LogP) is 4.81. The number of halogens is 4. The third-order valence-electron chi connectivity index (χ3n) is 4.07. The highest BCUT2D eigenvalue weighted by Gasteiger charge is 2.35. The Labute approximate surface area is 169 Å². The Kier molecular flexibility index (Phi) is 7.20. The summed E-state index contributed by atoms with van der Waals surface area (Å²) in [6.07, 6.45) is -2.36. The summed E-state index contributed by atoms with van der Waals surface area (Å²) >= 11 is 13.7. The largest absolute Gasteiger partial charge is 0.374 e. The van der Waals surface area contributed by atoms with Gasteiger partial charge < -0.3 is 4.74 Å². The molecule has 150 valence electrons. The maximum Gasteiger partial charge on any atom is 0.282 e. The molecular formula is C16H19Cl2F2N3O3S. The SMILES string of the molecule is COC(c1c(C)sc(Cl)c1Cl)C(C)N(OC)C(=O)c1cn(C)nc1C(F)F. The lowest BCUT2D eigenvalue weighted by molar-refractivity contribution is -0.148. The molecule has 0 aromatic carbocycles. The van der Waals surface area contributed by atoms with Crippen molar-refractivity contribution in [3.05, 3.63) is 37.3 Å². The van der Waals surface area contributed by atoms with E-state index in [1.807, 2.05) is 6.92 Å². The molecule has 0 saturated heterocycles. The molecule has 27 heavy (non-hydrogen) atoms. The molecule has 2 atom stereocenters. The number of aromatic nitrogens is 2. The molecule has 0 aliphatic carbocycles. The van der Waals surface area contributed by atoms with Gasteiger partial charge in [-0.1, -0.05) is 23.2 Å². The first-order valence-electron chi connectivity index (χ1n) is 7.80. The van der Waals surface area contributed by atoms with Gasteiger partial charge in [0, 0.05) is 30.8 Å². The fourth-order valence-corrected chi connectivity index (χ4v) is 4.55. The van der Waals surface area contributed by atoms with E-state index in [-0.39, 0.29) is 5.56 Å². The van der Waals surface area contributed by atoms with Crippen LogP contribution in [0.25, 0.3) is 0 Å². The lowest BCUT2D eigenvalue weighted by Gasteiger charge is -2.32. The summed E-state index contributed by atoms with van der Waals surface area (Å²) in [6, 6.07) is -0.694. The summed E-state index contributed by atoms with van der Waals surface area (Å²) in [4.78, 5) is 18.9. The lowest BCUT2D eigenvalue weighted by atomic mass is 10.0. The van der Waals surface area contributed by atoms with Gasteiger partial charge in [0.15, 0.2) is 0 Å². The zero-order chi connectivity index (χ0) is 20.5. The minimum atomic E-state index is -2.90. The smallest absolute Gasteiger partial charge is 0.282 e. The van der Waals surface area contributed by atoms with Crippen LogP contribution in [-0.4, -0.2) is 41.0 Å². The molecule has 1 amide bonds. The number of amides is 1. The van der Waals surface area contributed by atoms with Crippen molar-refractivity contribution in [2.75, 3.05) is 14.2 Å². The molecule has 0 saturated carbocycles. The van der Waals surface area contributed by atoms with Crippen LogP contribution in [0.4, 0.5) is 8.78 Å². The van der Waals surface area contributed by atoms with Crippen LogP contribution in [0, 0.1) is 6.92 Å². The standard InChI is InChI=1S/C16H19Cl2F2N3O3S/c1-7(13(25-4)10-8(2)27-14(18)11(10)17)23(26-5)16(24)9-6-22(3)21-12(9)15(19)20/h6-7,13,15H,1-5H3. The number of carbonyl (C=O) groups is 1. The third kappa shape index (κ3) is 4.27. The molecule has 2 unspecified atom stereocenters. The van der Waals surface area contributed by atoms with E-state index in [1.54, 1.807) is 6.92 Å². The van der Waals surface area contributed by atoms with E-state index >= 15 is 0 Å². The second-order valence-electron chi connectivity index (χ2n) is 5.77. The second-order valence-corrected chi connectivity index (χ2v) is 7.98. The van der Waals surface area contributed by atoms with Crippen LogP contribution in [0.2, 0.25) is 9.36 Å². The van der Waals surface area contributed by atoms with Gasteiger partial charge in [0.05, 0.1) is 23.7 Å². The average Bonchev–Trinajstić information content (AvgIpc) is 3.11. The van der Waals surface area contributed by atoms with Gasteiger partial charge in [0.1, 0.15) is 16.1 Å². The topological polar surface area (TPSA) is 56.6 Å². The van der Waals surface area contributed by atoms with Crippen LogP contribution >= 0.6 is 34.5 Å². The summed E-state index contributed by atoms with van der Waals surface area (Å²) in [6.45, 7) is 3.49. The normalized spacial score (nSPS) is 13.9. The molecule has 11 heteroatoms. The van der Waals surface area contributed by atoms with Crippen molar-refractivity contribution in [2.24, 2.45) is 7.05 Å².